The molecule has 1 aliphatic heterocycles. The van der Waals surface area contributed by atoms with E-state index in [0.29, 0.717) is 11.5 Å². The van der Waals surface area contributed by atoms with Crippen LogP contribution in [0, 0.1) is 23.2 Å². The smallest absolute Gasteiger partial charge is 0.0612 e. The minimum absolute atomic E-state index is 0.533. The van der Waals surface area contributed by atoms with E-state index in [1.54, 1.807) is 0 Å². The van der Waals surface area contributed by atoms with Crippen molar-refractivity contribution in [3.05, 3.63) is 0 Å². The van der Waals surface area contributed by atoms with Crippen LogP contribution < -0.4 is 0 Å². The Bertz CT molecular complexity index is 211. The quantitative estimate of drug-likeness (QED) is 0.624. The number of hydrogen-bond donors (Lipinski definition) is 0. The summed E-state index contributed by atoms with van der Waals surface area (Å²) in [5.41, 5.74) is 0.533. The Morgan fingerprint density at radius 3 is 2.71 bits per heavy atom. The van der Waals surface area contributed by atoms with Gasteiger partial charge in [-0.25, -0.2) is 0 Å². The summed E-state index contributed by atoms with van der Waals surface area (Å²) in [4.78, 5) is 0. The zero-order chi connectivity index (χ0) is 10.3. The second kappa shape index (κ2) is 3.52. The van der Waals surface area contributed by atoms with Crippen LogP contribution in [0.1, 0.15) is 47.0 Å². The summed E-state index contributed by atoms with van der Waals surface area (Å²) in [5.74, 6) is 2.46. The zero-order valence-corrected chi connectivity index (χ0v) is 10.0. The molecule has 4 atom stereocenters. The van der Waals surface area contributed by atoms with Crippen LogP contribution in [0.4, 0.5) is 0 Å². The van der Waals surface area contributed by atoms with Gasteiger partial charge >= 0.3 is 0 Å². The van der Waals surface area contributed by atoms with Crippen LogP contribution in [0.5, 0.6) is 0 Å². The molecule has 1 aliphatic carbocycles. The Hall–Kier alpha value is -0.0400. The molecule has 0 aromatic rings. The summed E-state index contributed by atoms with van der Waals surface area (Å²) < 4.78 is 5.91. The van der Waals surface area contributed by atoms with Gasteiger partial charge in [0.2, 0.25) is 0 Å². The van der Waals surface area contributed by atoms with Crippen molar-refractivity contribution in [2.45, 2.75) is 53.1 Å². The highest BCUT2D eigenvalue weighted by Gasteiger charge is 2.44. The van der Waals surface area contributed by atoms with Crippen LogP contribution in [0.3, 0.4) is 0 Å². The predicted octanol–water partition coefficient (Wildman–Crippen LogP) is 3.48. The molecular formula is C13H24O. The van der Waals surface area contributed by atoms with E-state index in [1.165, 1.54) is 19.3 Å². The van der Waals surface area contributed by atoms with Gasteiger partial charge in [-0.05, 0) is 42.4 Å². The van der Waals surface area contributed by atoms with Crippen LogP contribution in [0.2, 0.25) is 0 Å². The van der Waals surface area contributed by atoms with E-state index >= 15 is 0 Å². The first-order chi connectivity index (χ1) is 6.53. The minimum atomic E-state index is 0.533. The van der Waals surface area contributed by atoms with Crippen molar-refractivity contribution in [2.24, 2.45) is 23.2 Å². The summed E-state index contributed by atoms with van der Waals surface area (Å²) in [6, 6.07) is 0. The lowest BCUT2D eigenvalue weighted by molar-refractivity contribution is -0.00570. The molecule has 2 fully saturated rings. The van der Waals surface area contributed by atoms with Gasteiger partial charge in [-0.15, -0.1) is 0 Å². The molecule has 0 aromatic heterocycles. The minimum Gasteiger partial charge on any atom is -0.378 e. The van der Waals surface area contributed by atoms with Gasteiger partial charge in [-0.3, -0.25) is 0 Å². The number of rotatable bonds is 1. The predicted molar refractivity (Wildman–Crippen MR) is 59.2 cm³/mol. The first kappa shape index (κ1) is 10.5. The van der Waals surface area contributed by atoms with E-state index in [0.717, 1.165) is 24.4 Å². The largest absolute Gasteiger partial charge is 0.378 e. The van der Waals surface area contributed by atoms with Crippen molar-refractivity contribution >= 4 is 0 Å². The third-order valence-electron chi connectivity index (χ3n) is 4.89. The SMILES string of the molecule is CC1COC2C[C@](C)(C(C)C)CCC12. The topological polar surface area (TPSA) is 9.23 Å². The zero-order valence-electron chi connectivity index (χ0n) is 10.0. The maximum atomic E-state index is 5.91. The van der Waals surface area contributed by atoms with Crippen molar-refractivity contribution in [2.75, 3.05) is 6.61 Å². The summed E-state index contributed by atoms with van der Waals surface area (Å²) in [6.07, 6.45) is 4.66. The van der Waals surface area contributed by atoms with E-state index < -0.39 is 0 Å². The molecule has 1 saturated heterocycles. The normalized spacial score (nSPS) is 48.2. The first-order valence-corrected chi connectivity index (χ1v) is 6.14. The Morgan fingerprint density at radius 1 is 1.36 bits per heavy atom. The molecule has 3 unspecified atom stereocenters. The molecule has 2 rings (SSSR count). The third kappa shape index (κ3) is 1.60. The van der Waals surface area contributed by atoms with E-state index in [2.05, 4.69) is 27.7 Å². The monoisotopic (exact) mass is 196 g/mol. The molecule has 1 heteroatoms. The lowest BCUT2D eigenvalue weighted by Gasteiger charge is -2.43. The molecule has 0 bridgehead atoms. The molecule has 0 aromatic carbocycles. The van der Waals surface area contributed by atoms with Crippen LogP contribution >= 0.6 is 0 Å². The van der Waals surface area contributed by atoms with Crippen molar-refractivity contribution in [1.82, 2.24) is 0 Å². The lowest BCUT2D eigenvalue weighted by Crippen LogP contribution is -2.37. The average Bonchev–Trinajstić information content (AvgIpc) is 2.47. The summed E-state index contributed by atoms with van der Waals surface area (Å²) in [7, 11) is 0. The maximum absolute atomic E-state index is 5.91. The van der Waals surface area contributed by atoms with E-state index in [1.807, 2.05) is 0 Å². The van der Waals surface area contributed by atoms with E-state index in [4.69, 9.17) is 4.74 Å². The van der Waals surface area contributed by atoms with Crippen molar-refractivity contribution in [3.63, 3.8) is 0 Å². The second-order valence-corrected chi connectivity index (χ2v) is 6.06. The highest BCUT2D eigenvalue weighted by molar-refractivity contribution is 4.94. The van der Waals surface area contributed by atoms with Gasteiger partial charge in [-0.2, -0.15) is 0 Å². The number of hydrogen-bond acceptors (Lipinski definition) is 1. The summed E-state index contributed by atoms with van der Waals surface area (Å²) in [6.45, 7) is 10.5. The second-order valence-electron chi connectivity index (χ2n) is 6.06. The Labute approximate surface area is 88.2 Å². The van der Waals surface area contributed by atoms with Gasteiger partial charge in [0.05, 0.1) is 6.10 Å². The van der Waals surface area contributed by atoms with E-state index in [-0.39, 0.29) is 0 Å². The Kier molecular flexibility index (Phi) is 2.63. The molecule has 1 nitrogen and oxygen atoms in total. The summed E-state index contributed by atoms with van der Waals surface area (Å²) in [5, 5.41) is 0. The molecule has 14 heavy (non-hydrogen) atoms. The van der Waals surface area contributed by atoms with Gasteiger partial charge in [0.25, 0.3) is 0 Å². The molecule has 0 N–H and O–H groups in total. The molecule has 1 heterocycles. The highest BCUT2D eigenvalue weighted by Crippen LogP contribution is 2.49. The van der Waals surface area contributed by atoms with Crippen molar-refractivity contribution < 1.29 is 4.74 Å². The van der Waals surface area contributed by atoms with Crippen LogP contribution in [0.15, 0.2) is 0 Å². The fraction of sp³-hybridized carbons (Fsp3) is 1.00. The van der Waals surface area contributed by atoms with Crippen LogP contribution in [-0.2, 0) is 4.74 Å². The van der Waals surface area contributed by atoms with Gasteiger partial charge < -0.3 is 4.74 Å². The third-order valence-corrected chi connectivity index (χ3v) is 4.89. The van der Waals surface area contributed by atoms with Gasteiger partial charge in [0.15, 0.2) is 0 Å². The standard InChI is InChI=1S/C13H24O/c1-9(2)13(4)6-5-11-10(3)8-14-12(11)7-13/h9-12H,5-8H2,1-4H3/t10?,11?,12?,13-/m1/s1. The molecule has 1 saturated carbocycles. The molecule has 0 radical (unpaired) electrons. The van der Waals surface area contributed by atoms with Crippen molar-refractivity contribution in [1.29, 1.82) is 0 Å². The molecule has 0 amide bonds. The molecule has 82 valence electrons. The van der Waals surface area contributed by atoms with E-state index in [9.17, 15) is 0 Å². The highest BCUT2D eigenvalue weighted by atomic mass is 16.5. The maximum Gasteiger partial charge on any atom is 0.0612 e. The number of ether oxygens (including phenoxy) is 1. The summed E-state index contributed by atoms with van der Waals surface area (Å²) >= 11 is 0. The molecule has 2 aliphatic rings. The van der Waals surface area contributed by atoms with Gasteiger partial charge in [0, 0.05) is 6.61 Å². The Morgan fingerprint density at radius 2 is 2.07 bits per heavy atom. The molecule has 0 spiro atoms. The Balaban J connectivity index is 2.05. The fourth-order valence-corrected chi connectivity index (χ4v) is 3.15. The lowest BCUT2D eigenvalue weighted by atomic mass is 9.63. The van der Waals surface area contributed by atoms with Gasteiger partial charge in [0.1, 0.15) is 0 Å². The van der Waals surface area contributed by atoms with Crippen LogP contribution in [-0.4, -0.2) is 12.7 Å². The fourth-order valence-electron chi connectivity index (χ4n) is 3.15. The first-order valence-electron chi connectivity index (χ1n) is 6.14. The van der Waals surface area contributed by atoms with Gasteiger partial charge in [-0.1, -0.05) is 27.7 Å². The molecular weight excluding hydrogens is 172 g/mol. The van der Waals surface area contributed by atoms with Crippen molar-refractivity contribution in [3.8, 4) is 0 Å². The average molecular weight is 196 g/mol. The number of fused-ring (bicyclic) bond motifs is 1. The van der Waals surface area contributed by atoms with Crippen LogP contribution in [0.25, 0.3) is 0 Å².